The molecule has 1 aliphatic rings. The molecule has 1 rings (SSSR count). The summed E-state index contributed by atoms with van der Waals surface area (Å²) in [5.41, 5.74) is 4.25. The summed E-state index contributed by atoms with van der Waals surface area (Å²) in [5.74, 6) is -0.792. The fourth-order valence-electron chi connectivity index (χ4n) is 2.33. The molecule has 18 heavy (non-hydrogen) atoms. The zero-order valence-electron chi connectivity index (χ0n) is 9.89. The fraction of sp³-hybridized carbons (Fsp3) is 0.778. The molecule has 2 atom stereocenters. The first-order chi connectivity index (χ1) is 8.25. The van der Waals surface area contributed by atoms with E-state index in [2.05, 4.69) is 9.88 Å². The van der Waals surface area contributed by atoms with Crippen molar-refractivity contribution in [3.05, 3.63) is 0 Å². The number of carbonyl (C=O) groups excluding carboxylic acids is 1. The van der Waals surface area contributed by atoms with Crippen molar-refractivity contribution in [3.8, 4) is 0 Å². The number of oxime groups is 1. The van der Waals surface area contributed by atoms with Crippen LogP contribution in [0.2, 0.25) is 0 Å². The van der Waals surface area contributed by atoms with Gasteiger partial charge < -0.3 is 10.9 Å². The quantitative estimate of drug-likeness (QED) is 0.277. The summed E-state index contributed by atoms with van der Waals surface area (Å²) >= 11 is 5.62. The first kappa shape index (κ1) is 15.2. The highest BCUT2D eigenvalue weighted by Crippen LogP contribution is 2.40. The van der Waals surface area contributed by atoms with E-state index in [4.69, 9.17) is 22.5 Å². The van der Waals surface area contributed by atoms with Gasteiger partial charge in [0.25, 0.3) is 0 Å². The number of halogens is 1. The molecule has 4 N–H and O–H groups in total. The Bertz CT molecular complexity index is 464. The first-order valence-corrected chi connectivity index (χ1v) is 7.72. The predicted molar refractivity (Wildman–Crippen MR) is 67.2 cm³/mol. The van der Waals surface area contributed by atoms with Crippen LogP contribution in [0.4, 0.5) is 0 Å². The number of primary amides is 1. The van der Waals surface area contributed by atoms with Crippen LogP contribution < -0.4 is 10.5 Å². The lowest BCUT2D eigenvalue weighted by atomic mass is 9.80. The lowest BCUT2D eigenvalue weighted by Crippen LogP contribution is -2.44. The van der Waals surface area contributed by atoms with E-state index in [1.165, 1.54) is 0 Å². The van der Waals surface area contributed by atoms with Crippen molar-refractivity contribution in [2.24, 2.45) is 16.3 Å². The van der Waals surface area contributed by atoms with Crippen molar-refractivity contribution < 1.29 is 18.4 Å². The van der Waals surface area contributed by atoms with E-state index in [9.17, 15) is 13.2 Å². The lowest BCUT2D eigenvalue weighted by Gasteiger charge is -2.25. The minimum absolute atomic E-state index is 0.0782. The summed E-state index contributed by atoms with van der Waals surface area (Å²) in [5, 5.41) is 11.9. The van der Waals surface area contributed by atoms with Crippen LogP contribution in [-0.4, -0.2) is 43.4 Å². The monoisotopic (exact) mass is 297 g/mol. The van der Waals surface area contributed by atoms with E-state index < -0.39 is 27.4 Å². The third-order valence-electron chi connectivity index (χ3n) is 3.17. The van der Waals surface area contributed by atoms with E-state index in [-0.39, 0.29) is 18.0 Å². The van der Waals surface area contributed by atoms with Crippen molar-refractivity contribution in [1.82, 2.24) is 4.72 Å². The summed E-state index contributed by atoms with van der Waals surface area (Å²) in [4.78, 5) is 11.6. The number of hydrogen-bond donors (Lipinski definition) is 3. The fourth-order valence-corrected chi connectivity index (χ4v) is 3.44. The Labute approximate surface area is 110 Å². The van der Waals surface area contributed by atoms with Gasteiger partial charge in [-0.15, -0.1) is 11.6 Å². The molecule has 0 aromatic rings. The van der Waals surface area contributed by atoms with E-state index in [0.717, 1.165) is 6.26 Å². The Morgan fingerprint density at radius 2 is 2.28 bits per heavy atom. The van der Waals surface area contributed by atoms with Gasteiger partial charge in [-0.1, -0.05) is 5.16 Å². The summed E-state index contributed by atoms with van der Waals surface area (Å²) in [6.07, 6.45) is 1.94. The molecule has 1 saturated carbocycles. The molecule has 0 aromatic heterocycles. The number of carbonyl (C=O) groups is 1. The Kier molecular flexibility index (Phi) is 4.57. The molecule has 104 valence electrons. The smallest absolute Gasteiger partial charge is 0.229 e. The van der Waals surface area contributed by atoms with Crippen molar-refractivity contribution in [1.29, 1.82) is 0 Å². The maximum Gasteiger partial charge on any atom is 0.229 e. The zero-order chi connectivity index (χ0) is 14.0. The highest BCUT2D eigenvalue weighted by molar-refractivity contribution is 7.88. The number of nitrogens with zero attached hydrogens (tertiary/aromatic N) is 1. The molecule has 0 aromatic carbocycles. The van der Waals surface area contributed by atoms with Gasteiger partial charge in [0.15, 0.2) is 0 Å². The number of nitrogens with one attached hydrogen (secondary N) is 1. The molecule has 0 radical (unpaired) electrons. The highest BCUT2D eigenvalue weighted by atomic mass is 35.5. The highest BCUT2D eigenvalue weighted by Gasteiger charge is 2.48. The van der Waals surface area contributed by atoms with E-state index in [1.54, 1.807) is 0 Å². The van der Waals surface area contributed by atoms with E-state index >= 15 is 0 Å². The van der Waals surface area contributed by atoms with Crippen LogP contribution >= 0.6 is 11.6 Å². The normalized spacial score (nSPS) is 29.4. The second-order valence-electron chi connectivity index (χ2n) is 4.46. The SMILES string of the molecule is CS(=O)(=O)NC1CCC(C(N)=O)(/C(CCl)=N\O)C1. The third kappa shape index (κ3) is 3.12. The number of rotatable bonds is 5. The van der Waals surface area contributed by atoms with Crippen molar-refractivity contribution >= 4 is 33.2 Å². The largest absolute Gasteiger partial charge is 0.411 e. The topological polar surface area (TPSA) is 122 Å². The second kappa shape index (κ2) is 5.41. The van der Waals surface area contributed by atoms with Gasteiger partial charge in [-0.3, -0.25) is 4.79 Å². The van der Waals surface area contributed by atoms with Crippen molar-refractivity contribution in [3.63, 3.8) is 0 Å². The molecule has 1 fully saturated rings. The molecule has 1 amide bonds. The van der Waals surface area contributed by atoms with Crippen molar-refractivity contribution in [2.75, 3.05) is 12.1 Å². The molecule has 9 heteroatoms. The molecular formula is C9H16ClN3O4S. The van der Waals surface area contributed by atoms with Crippen LogP contribution in [-0.2, 0) is 14.8 Å². The van der Waals surface area contributed by atoms with E-state index in [0.29, 0.717) is 12.8 Å². The standard InChI is InChI=1S/C9H16ClN3O4S/c1-18(16,17)13-6-2-3-9(4-6,8(11)14)7(5-10)12-15/h6,13,15H,2-5H2,1H3,(H2,11,14)/b12-7-. The molecule has 2 unspecified atom stereocenters. The summed E-state index contributed by atoms with van der Waals surface area (Å²) in [7, 11) is -3.36. The van der Waals surface area contributed by atoms with E-state index in [1.807, 2.05) is 0 Å². The molecule has 0 aliphatic heterocycles. The number of nitrogens with two attached hydrogens (primary N) is 1. The maximum absolute atomic E-state index is 11.6. The average Bonchev–Trinajstić information content (AvgIpc) is 2.62. The number of sulfonamides is 1. The van der Waals surface area contributed by atoms with Crippen LogP contribution in [0.3, 0.4) is 0 Å². The number of amides is 1. The molecular weight excluding hydrogens is 282 g/mol. The van der Waals surface area contributed by atoms with Gasteiger partial charge in [-0.05, 0) is 19.3 Å². The Hall–Kier alpha value is -0.860. The van der Waals surface area contributed by atoms with Gasteiger partial charge in [-0.2, -0.15) is 0 Å². The summed E-state index contributed by atoms with van der Waals surface area (Å²) < 4.78 is 24.7. The molecule has 0 spiro atoms. The Morgan fingerprint density at radius 3 is 2.67 bits per heavy atom. The number of hydrogen-bond acceptors (Lipinski definition) is 5. The van der Waals surface area contributed by atoms with Crippen molar-refractivity contribution in [2.45, 2.75) is 25.3 Å². The summed E-state index contributed by atoms with van der Waals surface area (Å²) in [6.45, 7) is 0. The van der Waals surface area contributed by atoms with Crippen LogP contribution in [0.1, 0.15) is 19.3 Å². The van der Waals surface area contributed by atoms with Crippen LogP contribution in [0.5, 0.6) is 0 Å². The maximum atomic E-state index is 11.6. The van der Waals surface area contributed by atoms with Gasteiger partial charge in [0.05, 0.1) is 23.3 Å². The Balaban J connectivity index is 2.96. The van der Waals surface area contributed by atoms with Gasteiger partial charge in [0.2, 0.25) is 15.9 Å². The molecule has 0 heterocycles. The van der Waals surface area contributed by atoms with Gasteiger partial charge >= 0.3 is 0 Å². The predicted octanol–water partition coefficient (Wildman–Crippen LogP) is -0.371. The van der Waals surface area contributed by atoms with Crippen LogP contribution in [0.15, 0.2) is 5.16 Å². The average molecular weight is 298 g/mol. The molecule has 1 aliphatic carbocycles. The van der Waals surface area contributed by atoms with Gasteiger partial charge in [-0.25, -0.2) is 13.1 Å². The second-order valence-corrected chi connectivity index (χ2v) is 6.50. The zero-order valence-corrected chi connectivity index (χ0v) is 11.5. The van der Waals surface area contributed by atoms with Gasteiger partial charge in [0, 0.05) is 6.04 Å². The third-order valence-corrected chi connectivity index (χ3v) is 4.18. The lowest BCUT2D eigenvalue weighted by molar-refractivity contribution is -0.124. The molecule has 0 saturated heterocycles. The number of alkyl halides is 1. The van der Waals surface area contributed by atoms with Gasteiger partial charge in [0.1, 0.15) is 0 Å². The summed E-state index contributed by atoms with van der Waals surface area (Å²) in [6, 6.07) is -0.410. The minimum Gasteiger partial charge on any atom is -0.411 e. The minimum atomic E-state index is -3.36. The van der Waals surface area contributed by atoms with Crippen LogP contribution in [0.25, 0.3) is 0 Å². The molecule has 7 nitrogen and oxygen atoms in total. The van der Waals surface area contributed by atoms with Crippen LogP contribution in [0, 0.1) is 5.41 Å². The first-order valence-electron chi connectivity index (χ1n) is 5.30. The molecule has 0 bridgehead atoms. The Morgan fingerprint density at radius 1 is 1.67 bits per heavy atom.